The Hall–Kier alpha value is -5.37. The topological polar surface area (TPSA) is 0 Å². The Morgan fingerprint density at radius 1 is 0.391 bits per heavy atom. The molecule has 11 rings (SSSR count). The van der Waals surface area contributed by atoms with Crippen LogP contribution in [0.5, 0.6) is 0 Å². The van der Waals surface area contributed by atoms with Gasteiger partial charge < -0.3 is 0 Å². The molecule has 46 heavy (non-hydrogen) atoms. The average molecular weight is 599 g/mol. The molecule has 1 heterocycles. The van der Waals surface area contributed by atoms with E-state index in [4.69, 9.17) is 0 Å². The Kier molecular flexibility index (Phi) is 4.80. The molecule has 0 radical (unpaired) electrons. The molecule has 0 saturated heterocycles. The Balaban J connectivity index is 1.25. The fourth-order valence-corrected chi connectivity index (χ4v) is 10.2. The number of rotatable bonds is 1. The van der Waals surface area contributed by atoms with Crippen LogP contribution in [0, 0.1) is 0 Å². The highest BCUT2D eigenvalue weighted by Gasteiger charge is 2.52. The lowest BCUT2D eigenvalue weighted by Crippen LogP contribution is -2.26. The SMILES string of the molecule is c1ccc2c(c1)Sc1c(-c3ccc4c(c3)C3(c5ccccc5-4)c4ccccc4-c4ccc5ccccc5c43)ccc3cccc-2c13. The zero-order valence-electron chi connectivity index (χ0n) is 24.9. The van der Waals surface area contributed by atoms with Crippen molar-refractivity contribution < 1.29 is 0 Å². The molecular formula is C45H26S. The van der Waals surface area contributed by atoms with E-state index in [2.05, 4.69) is 158 Å². The molecule has 0 aromatic heterocycles. The van der Waals surface area contributed by atoms with Gasteiger partial charge in [0.2, 0.25) is 0 Å². The van der Waals surface area contributed by atoms with E-state index in [1.54, 1.807) is 0 Å². The highest BCUT2D eigenvalue weighted by Crippen LogP contribution is 2.64. The van der Waals surface area contributed by atoms with Gasteiger partial charge in [-0.1, -0.05) is 157 Å². The molecule has 1 atom stereocenters. The summed E-state index contributed by atoms with van der Waals surface area (Å²) in [5.41, 5.74) is 15.8. The molecule has 0 saturated carbocycles. The van der Waals surface area contributed by atoms with Crippen LogP contribution in [0.15, 0.2) is 168 Å². The van der Waals surface area contributed by atoms with Gasteiger partial charge in [0.25, 0.3) is 0 Å². The van der Waals surface area contributed by atoms with Gasteiger partial charge in [0.1, 0.15) is 0 Å². The smallest absolute Gasteiger partial charge is 0.0731 e. The maximum Gasteiger partial charge on any atom is 0.0731 e. The summed E-state index contributed by atoms with van der Waals surface area (Å²) in [6, 6.07) is 59.4. The number of benzene rings is 8. The zero-order chi connectivity index (χ0) is 30.0. The molecule has 1 aliphatic heterocycles. The van der Waals surface area contributed by atoms with Crippen LogP contribution in [0.4, 0.5) is 0 Å². The summed E-state index contributed by atoms with van der Waals surface area (Å²) in [6.07, 6.45) is 0. The van der Waals surface area contributed by atoms with Gasteiger partial charge >= 0.3 is 0 Å². The molecule has 8 aromatic carbocycles. The third-order valence-electron chi connectivity index (χ3n) is 10.7. The Morgan fingerprint density at radius 3 is 1.87 bits per heavy atom. The standard InChI is InChI=1S/C45H26S/c1-2-12-30-27(10-1)20-25-37-33-14-4-7-18-39(33)45(43(30)37)38-17-6-3-13-32(38)34-24-22-29(26-40(34)45)31-23-21-28-11-9-16-36-35-15-5-8-19-41(35)46-44(31)42(28)36/h1-26H. The van der Waals surface area contributed by atoms with E-state index in [1.165, 1.54) is 98.1 Å². The van der Waals surface area contributed by atoms with E-state index >= 15 is 0 Å². The van der Waals surface area contributed by atoms with Gasteiger partial charge in [0.05, 0.1) is 5.41 Å². The van der Waals surface area contributed by atoms with Gasteiger partial charge in [-0.2, -0.15) is 0 Å². The lowest BCUT2D eigenvalue weighted by molar-refractivity contribution is 0.801. The monoisotopic (exact) mass is 598 g/mol. The highest BCUT2D eigenvalue weighted by molar-refractivity contribution is 8.00. The largest absolute Gasteiger partial charge is 0.0881 e. The third kappa shape index (κ3) is 2.97. The summed E-state index contributed by atoms with van der Waals surface area (Å²) in [4.78, 5) is 2.68. The summed E-state index contributed by atoms with van der Waals surface area (Å²) < 4.78 is 0. The molecule has 1 unspecified atom stereocenters. The van der Waals surface area contributed by atoms with Gasteiger partial charge in [0.15, 0.2) is 0 Å². The van der Waals surface area contributed by atoms with E-state index in [0.717, 1.165) is 0 Å². The predicted octanol–water partition coefficient (Wildman–Crippen LogP) is 12.1. The summed E-state index contributed by atoms with van der Waals surface area (Å²) in [6.45, 7) is 0. The van der Waals surface area contributed by atoms with Crippen molar-refractivity contribution in [2.45, 2.75) is 15.2 Å². The quantitative estimate of drug-likeness (QED) is 0.181. The minimum absolute atomic E-state index is 0.395. The second kappa shape index (κ2) is 8.88. The molecule has 0 fully saturated rings. The predicted molar refractivity (Wildman–Crippen MR) is 193 cm³/mol. The van der Waals surface area contributed by atoms with Crippen molar-refractivity contribution in [3.63, 3.8) is 0 Å². The van der Waals surface area contributed by atoms with E-state index in [-0.39, 0.29) is 0 Å². The van der Waals surface area contributed by atoms with E-state index in [9.17, 15) is 0 Å². The van der Waals surface area contributed by atoms with Gasteiger partial charge in [-0.25, -0.2) is 0 Å². The van der Waals surface area contributed by atoms with E-state index < -0.39 is 5.41 Å². The van der Waals surface area contributed by atoms with Crippen LogP contribution in [0.1, 0.15) is 22.3 Å². The number of fused-ring (bicyclic) bond motifs is 14. The van der Waals surface area contributed by atoms with Crippen LogP contribution < -0.4 is 0 Å². The highest BCUT2D eigenvalue weighted by atomic mass is 32.2. The first-order valence-corrected chi connectivity index (χ1v) is 16.8. The zero-order valence-corrected chi connectivity index (χ0v) is 25.7. The second-order valence-corrected chi connectivity index (χ2v) is 13.8. The van der Waals surface area contributed by atoms with Crippen molar-refractivity contribution >= 4 is 33.3 Å². The molecule has 2 aliphatic carbocycles. The van der Waals surface area contributed by atoms with E-state index in [1.807, 2.05) is 11.8 Å². The van der Waals surface area contributed by atoms with Crippen LogP contribution in [0.3, 0.4) is 0 Å². The second-order valence-electron chi connectivity index (χ2n) is 12.8. The summed E-state index contributed by atoms with van der Waals surface area (Å²) >= 11 is 1.92. The van der Waals surface area contributed by atoms with Gasteiger partial charge in [0, 0.05) is 15.2 Å². The van der Waals surface area contributed by atoms with Crippen molar-refractivity contribution in [3.8, 4) is 44.5 Å². The van der Waals surface area contributed by atoms with Gasteiger partial charge in [-0.3, -0.25) is 0 Å². The Labute approximate surface area is 272 Å². The van der Waals surface area contributed by atoms with Crippen molar-refractivity contribution in [2.75, 3.05) is 0 Å². The summed E-state index contributed by atoms with van der Waals surface area (Å²) in [7, 11) is 0. The van der Waals surface area contributed by atoms with Crippen molar-refractivity contribution in [3.05, 3.63) is 180 Å². The first kappa shape index (κ1) is 24.9. The molecule has 0 amide bonds. The van der Waals surface area contributed by atoms with Crippen molar-refractivity contribution in [1.82, 2.24) is 0 Å². The molecule has 1 spiro atoms. The molecule has 0 bridgehead atoms. The van der Waals surface area contributed by atoms with Crippen LogP contribution in [-0.4, -0.2) is 0 Å². The maximum atomic E-state index is 2.53. The number of hydrogen-bond donors (Lipinski definition) is 0. The normalized spacial score (nSPS) is 16.3. The lowest BCUT2D eigenvalue weighted by Gasteiger charge is -2.32. The minimum Gasteiger partial charge on any atom is -0.0881 e. The van der Waals surface area contributed by atoms with Crippen molar-refractivity contribution in [2.24, 2.45) is 0 Å². The summed E-state index contributed by atoms with van der Waals surface area (Å²) in [5, 5.41) is 5.29. The average Bonchev–Trinajstić information content (AvgIpc) is 3.59. The van der Waals surface area contributed by atoms with Crippen LogP contribution >= 0.6 is 11.8 Å². The minimum atomic E-state index is -0.395. The molecule has 0 nitrogen and oxygen atoms in total. The first-order chi connectivity index (χ1) is 22.8. The Morgan fingerprint density at radius 2 is 1.00 bits per heavy atom. The lowest BCUT2D eigenvalue weighted by atomic mass is 9.69. The molecule has 8 aromatic rings. The third-order valence-corrected chi connectivity index (χ3v) is 11.9. The van der Waals surface area contributed by atoms with Crippen LogP contribution in [0.25, 0.3) is 66.1 Å². The van der Waals surface area contributed by atoms with Gasteiger partial charge in [-0.15, -0.1) is 0 Å². The first-order valence-electron chi connectivity index (χ1n) is 16.0. The van der Waals surface area contributed by atoms with Gasteiger partial charge in [-0.05, 0) is 95.1 Å². The molecule has 3 aliphatic rings. The van der Waals surface area contributed by atoms with Crippen LogP contribution in [0.2, 0.25) is 0 Å². The molecule has 0 N–H and O–H groups in total. The molecule has 1 heteroatoms. The maximum absolute atomic E-state index is 2.53. The van der Waals surface area contributed by atoms with Crippen LogP contribution in [-0.2, 0) is 5.41 Å². The van der Waals surface area contributed by atoms with Crippen molar-refractivity contribution in [1.29, 1.82) is 0 Å². The number of hydrogen-bond acceptors (Lipinski definition) is 1. The fraction of sp³-hybridized carbons (Fsp3) is 0.0222. The molecular weight excluding hydrogens is 573 g/mol. The molecule has 212 valence electrons. The fourth-order valence-electron chi connectivity index (χ4n) is 8.88. The van der Waals surface area contributed by atoms with E-state index in [0.29, 0.717) is 0 Å². The summed E-state index contributed by atoms with van der Waals surface area (Å²) in [5.74, 6) is 0. The Bertz CT molecular complexity index is 2610.